The standard InChI is InChI=1S/C17H25NO2/c1-17(2)8-4-7-14(11-17)13-6-3-5-12(9-13)10-15(18)16(19)20/h3,5-6,9,14-15H,4,7-8,10-11,18H2,1-2H3,(H,19,20). The van der Waals surface area contributed by atoms with Crippen LogP contribution in [0.2, 0.25) is 0 Å². The first kappa shape index (κ1) is 15.0. The molecule has 1 aromatic carbocycles. The monoisotopic (exact) mass is 275 g/mol. The van der Waals surface area contributed by atoms with Crippen LogP contribution in [0.5, 0.6) is 0 Å². The lowest BCUT2D eigenvalue weighted by molar-refractivity contribution is -0.138. The highest BCUT2D eigenvalue weighted by molar-refractivity contribution is 5.73. The van der Waals surface area contributed by atoms with Gasteiger partial charge in [-0.25, -0.2) is 0 Å². The zero-order valence-electron chi connectivity index (χ0n) is 12.4. The van der Waals surface area contributed by atoms with Gasteiger partial charge in [-0.05, 0) is 48.1 Å². The van der Waals surface area contributed by atoms with Gasteiger partial charge in [0.15, 0.2) is 0 Å². The van der Waals surface area contributed by atoms with Gasteiger partial charge >= 0.3 is 5.97 Å². The van der Waals surface area contributed by atoms with Gasteiger partial charge in [0.2, 0.25) is 0 Å². The van der Waals surface area contributed by atoms with Crippen LogP contribution in [0.3, 0.4) is 0 Å². The summed E-state index contributed by atoms with van der Waals surface area (Å²) in [6.45, 7) is 4.67. The summed E-state index contributed by atoms with van der Waals surface area (Å²) in [5.41, 5.74) is 8.40. The minimum absolute atomic E-state index is 0.402. The zero-order valence-corrected chi connectivity index (χ0v) is 12.4. The average Bonchev–Trinajstić information content (AvgIpc) is 2.37. The lowest BCUT2D eigenvalue weighted by Crippen LogP contribution is -2.32. The summed E-state index contributed by atoms with van der Waals surface area (Å²) in [5, 5.41) is 8.90. The fourth-order valence-electron chi connectivity index (χ4n) is 3.30. The molecular weight excluding hydrogens is 250 g/mol. The summed E-state index contributed by atoms with van der Waals surface area (Å²) in [7, 11) is 0. The summed E-state index contributed by atoms with van der Waals surface area (Å²) >= 11 is 0. The Morgan fingerprint density at radius 2 is 2.25 bits per heavy atom. The molecule has 0 bridgehead atoms. The lowest BCUT2D eigenvalue weighted by atomic mass is 9.70. The van der Waals surface area contributed by atoms with Crippen molar-refractivity contribution in [3.8, 4) is 0 Å². The smallest absolute Gasteiger partial charge is 0.320 e. The Morgan fingerprint density at radius 3 is 2.90 bits per heavy atom. The van der Waals surface area contributed by atoms with Gasteiger partial charge in [0, 0.05) is 0 Å². The third-order valence-electron chi connectivity index (χ3n) is 4.40. The first-order chi connectivity index (χ1) is 9.37. The van der Waals surface area contributed by atoms with Crippen molar-refractivity contribution in [1.82, 2.24) is 0 Å². The second-order valence-electron chi connectivity index (χ2n) is 6.85. The number of rotatable bonds is 4. The van der Waals surface area contributed by atoms with Crippen LogP contribution in [-0.4, -0.2) is 17.1 Å². The lowest BCUT2D eigenvalue weighted by Gasteiger charge is -2.35. The first-order valence-corrected chi connectivity index (χ1v) is 7.45. The fourth-order valence-corrected chi connectivity index (χ4v) is 3.30. The van der Waals surface area contributed by atoms with Gasteiger partial charge in [-0.2, -0.15) is 0 Å². The van der Waals surface area contributed by atoms with Gasteiger partial charge in [0.1, 0.15) is 6.04 Å². The van der Waals surface area contributed by atoms with E-state index in [2.05, 4.69) is 26.0 Å². The molecule has 3 nitrogen and oxygen atoms in total. The predicted molar refractivity (Wildman–Crippen MR) is 80.7 cm³/mol. The molecule has 2 rings (SSSR count). The van der Waals surface area contributed by atoms with E-state index in [4.69, 9.17) is 10.8 Å². The third kappa shape index (κ3) is 3.83. The van der Waals surface area contributed by atoms with Crippen LogP contribution >= 0.6 is 0 Å². The van der Waals surface area contributed by atoms with Crippen molar-refractivity contribution < 1.29 is 9.90 Å². The van der Waals surface area contributed by atoms with Crippen LogP contribution in [0.15, 0.2) is 24.3 Å². The molecular formula is C17H25NO2. The molecule has 2 unspecified atom stereocenters. The fraction of sp³-hybridized carbons (Fsp3) is 0.588. The minimum Gasteiger partial charge on any atom is -0.480 e. The van der Waals surface area contributed by atoms with Crippen LogP contribution in [0.25, 0.3) is 0 Å². The molecule has 3 N–H and O–H groups in total. The second kappa shape index (κ2) is 5.96. The van der Waals surface area contributed by atoms with E-state index in [1.165, 1.54) is 31.2 Å². The highest BCUT2D eigenvalue weighted by Crippen LogP contribution is 2.43. The van der Waals surface area contributed by atoms with Crippen molar-refractivity contribution in [1.29, 1.82) is 0 Å². The Morgan fingerprint density at radius 1 is 1.50 bits per heavy atom. The maximum absolute atomic E-state index is 10.9. The number of hydrogen-bond acceptors (Lipinski definition) is 2. The zero-order chi connectivity index (χ0) is 14.8. The molecule has 0 radical (unpaired) electrons. The van der Waals surface area contributed by atoms with Crippen molar-refractivity contribution in [2.24, 2.45) is 11.1 Å². The molecule has 1 aromatic rings. The highest BCUT2D eigenvalue weighted by Gasteiger charge is 2.28. The number of hydrogen-bond donors (Lipinski definition) is 2. The summed E-state index contributed by atoms with van der Waals surface area (Å²) < 4.78 is 0. The van der Waals surface area contributed by atoms with E-state index in [9.17, 15) is 4.79 Å². The van der Waals surface area contributed by atoms with Crippen LogP contribution in [0.4, 0.5) is 0 Å². The third-order valence-corrected chi connectivity index (χ3v) is 4.40. The van der Waals surface area contributed by atoms with E-state index in [1.807, 2.05) is 12.1 Å². The normalized spacial score (nSPS) is 23.2. The summed E-state index contributed by atoms with van der Waals surface area (Å²) in [6, 6.07) is 7.51. The molecule has 0 aromatic heterocycles. The van der Waals surface area contributed by atoms with Crippen LogP contribution in [-0.2, 0) is 11.2 Å². The molecule has 0 heterocycles. The highest BCUT2D eigenvalue weighted by atomic mass is 16.4. The Kier molecular flexibility index (Phi) is 4.48. The van der Waals surface area contributed by atoms with Crippen molar-refractivity contribution in [2.45, 2.75) is 57.9 Å². The average molecular weight is 275 g/mol. The van der Waals surface area contributed by atoms with Crippen LogP contribution < -0.4 is 5.73 Å². The molecule has 1 aliphatic rings. The van der Waals surface area contributed by atoms with Crippen LogP contribution in [0.1, 0.15) is 56.6 Å². The van der Waals surface area contributed by atoms with E-state index in [1.54, 1.807) is 0 Å². The van der Waals surface area contributed by atoms with Gasteiger partial charge in [-0.15, -0.1) is 0 Å². The van der Waals surface area contributed by atoms with Gasteiger partial charge in [0.05, 0.1) is 0 Å². The molecule has 2 atom stereocenters. The quantitative estimate of drug-likeness (QED) is 0.886. The number of aliphatic carboxylic acids is 1. The largest absolute Gasteiger partial charge is 0.480 e. The molecule has 3 heteroatoms. The summed E-state index contributed by atoms with van der Waals surface area (Å²) in [6.07, 6.45) is 5.42. The van der Waals surface area contributed by atoms with Crippen molar-refractivity contribution in [2.75, 3.05) is 0 Å². The molecule has 0 saturated heterocycles. The molecule has 0 amide bonds. The van der Waals surface area contributed by atoms with Crippen molar-refractivity contribution in [3.63, 3.8) is 0 Å². The Bertz CT molecular complexity index is 482. The number of benzene rings is 1. The van der Waals surface area contributed by atoms with E-state index in [-0.39, 0.29) is 0 Å². The van der Waals surface area contributed by atoms with E-state index < -0.39 is 12.0 Å². The molecule has 110 valence electrons. The van der Waals surface area contributed by atoms with Crippen molar-refractivity contribution in [3.05, 3.63) is 35.4 Å². The Hall–Kier alpha value is -1.35. The van der Waals surface area contributed by atoms with Gasteiger partial charge < -0.3 is 10.8 Å². The van der Waals surface area contributed by atoms with E-state index in [0.29, 0.717) is 17.8 Å². The maximum atomic E-state index is 10.9. The van der Waals surface area contributed by atoms with Crippen LogP contribution in [0, 0.1) is 5.41 Å². The number of carboxylic acids is 1. The SMILES string of the molecule is CC1(C)CCCC(c2cccc(CC(N)C(=O)O)c2)C1. The maximum Gasteiger partial charge on any atom is 0.320 e. The number of carbonyl (C=O) groups is 1. The van der Waals surface area contributed by atoms with E-state index in [0.717, 1.165) is 5.56 Å². The number of carboxylic acid groups (broad SMARTS) is 1. The topological polar surface area (TPSA) is 63.3 Å². The molecule has 1 saturated carbocycles. The number of nitrogens with two attached hydrogens (primary N) is 1. The summed E-state index contributed by atoms with van der Waals surface area (Å²) in [5.74, 6) is -0.339. The molecule has 0 spiro atoms. The summed E-state index contributed by atoms with van der Waals surface area (Å²) in [4.78, 5) is 10.9. The van der Waals surface area contributed by atoms with E-state index >= 15 is 0 Å². The second-order valence-corrected chi connectivity index (χ2v) is 6.85. The van der Waals surface area contributed by atoms with Crippen molar-refractivity contribution >= 4 is 5.97 Å². The molecule has 1 fully saturated rings. The van der Waals surface area contributed by atoms with Gasteiger partial charge in [0.25, 0.3) is 0 Å². The minimum atomic E-state index is -0.936. The molecule has 20 heavy (non-hydrogen) atoms. The van der Waals surface area contributed by atoms with Gasteiger partial charge in [-0.1, -0.05) is 44.5 Å². The molecule has 0 aliphatic heterocycles. The predicted octanol–water partition coefficient (Wildman–Crippen LogP) is 3.32. The van der Waals surface area contributed by atoms with Gasteiger partial charge in [-0.3, -0.25) is 4.79 Å². The Labute approximate surface area is 121 Å². The Balaban J connectivity index is 2.11. The molecule has 1 aliphatic carbocycles. The first-order valence-electron chi connectivity index (χ1n) is 7.45.